The van der Waals surface area contributed by atoms with E-state index in [1.54, 1.807) is 0 Å². The summed E-state index contributed by atoms with van der Waals surface area (Å²) in [7, 11) is 0. The van der Waals surface area contributed by atoms with Gasteiger partial charge in [-0.25, -0.2) is 0 Å². The van der Waals surface area contributed by atoms with Gasteiger partial charge in [-0.3, -0.25) is 9.58 Å². The Balaban J connectivity index is 1.39. The molecule has 1 aromatic rings. The van der Waals surface area contributed by atoms with E-state index in [4.69, 9.17) is 4.74 Å². The highest BCUT2D eigenvalue weighted by Gasteiger charge is 2.22. The van der Waals surface area contributed by atoms with Crippen LogP contribution in [0, 0.1) is 5.92 Å². The fourth-order valence-corrected chi connectivity index (χ4v) is 3.82. The molecule has 1 aromatic heterocycles. The number of nitrogens with one attached hydrogen (secondary N) is 1. The second-order valence-corrected chi connectivity index (χ2v) is 7.35. The summed E-state index contributed by atoms with van der Waals surface area (Å²) in [5.74, 6) is 0.881. The minimum atomic E-state index is 0.446. The topological polar surface area (TPSA) is 42.3 Å². The number of morpholine rings is 1. The van der Waals surface area contributed by atoms with E-state index in [0.717, 1.165) is 32.2 Å². The van der Waals surface area contributed by atoms with Crippen LogP contribution < -0.4 is 5.32 Å². The molecule has 0 radical (unpaired) electrons. The number of piperidine rings is 1. The van der Waals surface area contributed by atoms with Gasteiger partial charge in [-0.15, -0.1) is 0 Å². The van der Waals surface area contributed by atoms with Gasteiger partial charge in [0.25, 0.3) is 0 Å². The fraction of sp³-hybridized carbons (Fsp3) is 0.833. The molecule has 23 heavy (non-hydrogen) atoms. The largest absolute Gasteiger partial charge is 0.376 e. The smallest absolute Gasteiger partial charge is 0.0700 e. The normalized spacial score (nSPS) is 24.4. The molecule has 3 heterocycles. The Bertz CT molecular complexity index is 459. The van der Waals surface area contributed by atoms with Crippen molar-refractivity contribution in [3.8, 4) is 0 Å². The van der Waals surface area contributed by atoms with Crippen LogP contribution in [0.3, 0.4) is 0 Å². The van der Waals surface area contributed by atoms with Crippen molar-refractivity contribution in [2.24, 2.45) is 5.92 Å². The second-order valence-electron chi connectivity index (χ2n) is 7.35. The molecule has 3 rings (SSSR count). The third-order valence-corrected chi connectivity index (χ3v) is 5.24. The van der Waals surface area contributed by atoms with Gasteiger partial charge in [0, 0.05) is 31.9 Å². The van der Waals surface area contributed by atoms with E-state index in [0.29, 0.717) is 12.1 Å². The molecule has 0 amide bonds. The van der Waals surface area contributed by atoms with Gasteiger partial charge >= 0.3 is 0 Å². The van der Waals surface area contributed by atoms with Crippen LogP contribution in [-0.4, -0.2) is 53.6 Å². The van der Waals surface area contributed by atoms with Gasteiger partial charge in [-0.2, -0.15) is 5.10 Å². The van der Waals surface area contributed by atoms with E-state index >= 15 is 0 Å². The first-order chi connectivity index (χ1) is 11.2. The second kappa shape index (κ2) is 8.27. The maximum Gasteiger partial charge on any atom is 0.0700 e. The molecule has 1 unspecified atom stereocenters. The van der Waals surface area contributed by atoms with Crippen LogP contribution in [-0.2, 0) is 11.3 Å². The van der Waals surface area contributed by atoms with Crippen molar-refractivity contribution >= 4 is 0 Å². The molecule has 0 saturated carbocycles. The average molecular weight is 320 g/mol. The Morgan fingerprint density at radius 3 is 2.83 bits per heavy atom. The van der Waals surface area contributed by atoms with Crippen LogP contribution >= 0.6 is 0 Å². The van der Waals surface area contributed by atoms with Crippen LogP contribution in [0.15, 0.2) is 12.3 Å². The zero-order valence-electron chi connectivity index (χ0n) is 14.7. The molecular weight excluding hydrogens is 288 g/mol. The Hall–Kier alpha value is -0.910. The first kappa shape index (κ1) is 16.9. The molecule has 130 valence electrons. The highest BCUT2D eigenvalue weighted by atomic mass is 16.5. The standard InChI is InChI=1S/C18H32N4O/c1-15(2)22-17(5-8-20-22)14-21-10-6-16(7-11-21)3-4-18-13-19-9-12-23-18/h5,8,15-16,18-19H,3-4,6-7,9-14H2,1-2H3. The molecule has 2 fully saturated rings. The minimum absolute atomic E-state index is 0.446. The highest BCUT2D eigenvalue weighted by Crippen LogP contribution is 2.24. The van der Waals surface area contributed by atoms with Crippen LogP contribution in [0.1, 0.15) is 51.3 Å². The number of nitrogens with zero attached hydrogens (tertiary/aromatic N) is 3. The molecule has 2 aliphatic heterocycles. The molecule has 0 aliphatic carbocycles. The molecule has 5 nitrogen and oxygen atoms in total. The number of hydrogen-bond donors (Lipinski definition) is 1. The number of aromatic nitrogens is 2. The van der Waals surface area contributed by atoms with E-state index in [-0.39, 0.29) is 0 Å². The Morgan fingerprint density at radius 1 is 1.30 bits per heavy atom. The average Bonchev–Trinajstić information content (AvgIpc) is 3.04. The van der Waals surface area contributed by atoms with Crippen molar-refractivity contribution in [1.82, 2.24) is 20.0 Å². The lowest BCUT2D eigenvalue weighted by molar-refractivity contribution is 0.0175. The van der Waals surface area contributed by atoms with Gasteiger partial charge < -0.3 is 10.1 Å². The minimum Gasteiger partial charge on any atom is -0.376 e. The van der Waals surface area contributed by atoms with Crippen LogP contribution in [0.2, 0.25) is 0 Å². The molecular formula is C18H32N4O. The van der Waals surface area contributed by atoms with E-state index in [1.165, 1.54) is 44.5 Å². The molecule has 1 atom stereocenters. The summed E-state index contributed by atoms with van der Waals surface area (Å²) in [5, 5.41) is 7.87. The summed E-state index contributed by atoms with van der Waals surface area (Å²) in [6, 6.07) is 2.61. The van der Waals surface area contributed by atoms with Gasteiger partial charge in [0.1, 0.15) is 0 Å². The number of rotatable bonds is 6. The molecule has 5 heteroatoms. The number of hydrogen-bond acceptors (Lipinski definition) is 4. The van der Waals surface area contributed by atoms with Crippen molar-refractivity contribution in [2.45, 2.75) is 58.2 Å². The SMILES string of the molecule is CC(C)n1nccc1CN1CCC(CCC2CNCCO2)CC1. The van der Waals surface area contributed by atoms with Gasteiger partial charge in [-0.05, 0) is 64.6 Å². The lowest BCUT2D eigenvalue weighted by atomic mass is 9.91. The quantitative estimate of drug-likeness (QED) is 0.874. The van der Waals surface area contributed by atoms with E-state index in [9.17, 15) is 0 Å². The molecule has 0 spiro atoms. The van der Waals surface area contributed by atoms with Crippen molar-refractivity contribution < 1.29 is 4.74 Å². The van der Waals surface area contributed by atoms with E-state index < -0.39 is 0 Å². The van der Waals surface area contributed by atoms with Gasteiger partial charge in [0.2, 0.25) is 0 Å². The number of ether oxygens (including phenoxy) is 1. The zero-order valence-corrected chi connectivity index (χ0v) is 14.7. The summed E-state index contributed by atoms with van der Waals surface area (Å²) in [5.41, 5.74) is 1.35. The molecule has 2 saturated heterocycles. The summed E-state index contributed by atoms with van der Waals surface area (Å²) in [6.45, 7) is 10.8. The summed E-state index contributed by atoms with van der Waals surface area (Å²) in [6.07, 6.45) is 7.58. The maximum absolute atomic E-state index is 5.81. The van der Waals surface area contributed by atoms with Gasteiger partial charge in [-0.1, -0.05) is 0 Å². The molecule has 2 aliphatic rings. The van der Waals surface area contributed by atoms with Crippen LogP contribution in [0.4, 0.5) is 0 Å². The maximum atomic E-state index is 5.81. The lowest BCUT2D eigenvalue weighted by Gasteiger charge is -2.33. The fourth-order valence-electron chi connectivity index (χ4n) is 3.82. The van der Waals surface area contributed by atoms with E-state index in [2.05, 4.69) is 39.9 Å². The Labute approximate surface area is 140 Å². The molecule has 0 bridgehead atoms. The first-order valence-electron chi connectivity index (χ1n) is 9.29. The first-order valence-corrected chi connectivity index (χ1v) is 9.29. The third-order valence-electron chi connectivity index (χ3n) is 5.24. The number of likely N-dealkylation sites (tertiary alicyclic amines) is 1. The van der Waals surface area contributed by atoms with Crippen molar-refractivity contribution in [1.29, 1.82) is 0 Å². The van der Waals surface area contributed by atoms with E-state index in [1.807, 2.05) is 6.20 Å². The predicted molar refractivity (Wildman–Crippen MR) is 92.5 cm³/mol. The summed E-state index contributed by atoms with van der Waals surface area (Å²) in [4.78, 5) is 2.59. The van der Waals surface area contributed by atoms with Gasteiger partial charge in [0.05, 0.1) is 18.4 Å². The zero-order chi connectivity index (χ0) is 16.1. The predicted octanol–water partition coefficient (Wildman–Crippen LogP) is 2.44. The lowest BCUT2D eigenvalue weighted by Crippen LogP contribution is -2.39. The molecule has 0 aromatic carbocycles. The van der Waals surface area contributed by atoms with Crippen molar-refractivity contribution in [3.05, 3.63) is 18.0 Å². The molecule has 1 N–H and O–H groups in total. The Morgan fingerprint density at radius 2 is 2.13 bits per heavy atom. The van der Waals surface area contributed by atoms with Crippen LogP contribution in [0.25, 0.3) is 0 Å². The monoisotopic (exact) mass is 320 g/mol. The van der Waals surface area contributed by atoms with Crippen molar-refractivity contribution in [2.75, 3.05) is 32.8 Å². The summed E-state index contributed by atoms with van der Waals surface area (Å²) < 4.78 is 7.97. The van der Waals surface area contributed by atoms with Crippen molar-refractivity contribution in [3.63, 3.8) is 0 Å². The highest BCUT2D eigenvalue weighted by molar-refractivity contribution is 5.01. The van der Waals surface area contributed by atoms with Crippen LogP contribution in [0.5, 0.6) is 0 Å². The Kier molecular flexibility index (Phi) is 6.08. The summed E-state index contributed by atoms with van der Waals surface area (Å²) >= 11 is 0. The van der Waals surface area contributed by atoms with Gasteiger partial charge in [0.15, 0.2) is 0 Å². The third kappa shape index (κ3) is 4.78.